The Hall–Kier alpha value is -2.82. The summed E-state index contributed by atoms with van der Waals surface area (Å²) < 4.78 is 5.48. The van der Waals surface area contributed by atoms with Gasteiger partial charge in [0.05, 0.1) is 18.8 Å². The lowest BCUT2D eigenvalue weighted by Gasteiger charge is -2.20. The van der Waals surface area contributed by atoms with Crippen molar-refractivity contribution < 1.29 is 14.3 Å². The van der Waals surface area contributed by atoms with Crippen molar-refractivity contribution >= 4 is 17.5 Å². The second-order valence-electron chi connectivity index (χ2n) is 6.60. The topological polar surface area (TPSA) is 58.6 Å². The fourth-order valence-corrected chi connectivity index (χ4v) is 3.46. The van der Waals surface area contributed by atoms with Crippen LogP contribution >= 0.6 is 0 Å². The van der Waals surface area contributed by atoms with Crippen molar-refractivity contribution in [3.63, 3.8) is 0 Å². The second-order valence-corrected chi connectivity index (χ2v) is 6.60. The molecule has 0 saturated carbocycles. The first-order valence-electron chi connectivity index (χ1n) is 8.82. The van der Waals surface area contributed by atoms with E-state index >= 15 is 0 Å². The largest absolute Gasteiger partial charge is 0.494 e. The molecule has 0 saturated heterocycles. The smallest absolute Gasteiger partial charge is 0.254 e. The van der Waals surface area contributed by atoms with Crippen molar-refractivity contribution in [1.29, 1.82) is 0 Å². The van der Waals surface area contributed by atoms with Gasteiger partial charge in [-0.25, -0.2) is 0 Å². The van der Waals surface area contributed by atoms with E-state index in [0.29, 0.717) is 13.2 Å². The number of fused-ring (bicyclic) bond motifs is 1. The highest BCUT2D eigenvalue weighted by molar-refractivity contribution is 6.07. The molecule has 0 spiro atoms. The van der Waals surface area contributed by atoms with E-state index in [0.717, 1.165) is 33.7 Å². The first-order valence-corrected chi connectivity index (χ1v) is 8.82. The van der Waals surface area contributed by atoms with Gasteiger partial charge in [0.2, 0.25) is 5.91 Å². The minimum Gasteiger partial charge on any atom is -0.494 e. The summed E-state index contributed by atoms with van der Waals surface area (Å²) in [6.07, 6.45) is 0. The molecule has 5 heteroatoms. The number of nitrogens with one attached hydrogen (secondary N) is 1. The van der Waals surface area contributed by atoms with Crippen molar-refractivity contribution in [2.45, 2.75) is 40.3 Å². The van der Waals surface area contributed by atoms with Crippen LogP contribution in [0.4, 0.5) is 5.69 Å². The number of aryl methyl sites for hydroxylation is 2. The van der Waals surface area contributed by atoms with Crippen molar-refractivity contribution in [2.24, 2.45) is 0 Å². The molecule has 0 aromatic heterocycles. The van der Waals surface area contributed by atoms with Crippen LogP contribution < -0.4 is 15.0 Å². The molecule has 5 nitrogen and oxygen atoms in total. The van der Waals surface area contributed by atoms with Crippen LogP contribution in [0.1, 0.15) is 42.1 Å². The fraction of sp³-hybridized carbons (Fsp3) is 0.333. The van der Waals surface area contributed by atoms with Crippen LogP contribution in [-0.4, -0.2) is 18.4 Å². The van der Waals surface area contributed by atoms with Gasteiger partial charge in [0.15, 0.2) is 0 Å². The molecule has 0 unspecified atom stereocenters. The molecule has 1 aliphatic rings. The third-order valence-corrected chi connectivity index (χ3v) is 4.63. The minimum atomic E-state index is -0.620. The van der Waals surface area contributed by atoms with Crippen LogP contribution in [0.2, 0.25) is 0 Å². The summed E-state index contributed by atoms with van der Waals surface area (Å²) in [5.74, 6) is 0.507. The van der Waals surface area contributed by atoms with Crippen molar-refractivity contribution in [1.82, 2.24) is 5.32 Å². The first kappa shape index (κ1) is 18.0. The highest BCUT2D eigenvalue weighted by Gasteiger charge is 2.39. The summed E-state index contributed by atoms with van der Waals surface area (Å²) in [6, 6.07) is 11.1. The lowest BCUT2D eigenvalue weighted by atomic mass is 9.99. The molecular weight excluding hydrogens is 328 g/mol. The molecule has 2 amide bonds. The molecule has 1 atom stereocenters. The van der Waals surface area contributed by atoms with Gasteiger partial charge in [-0.1, -0.05) is 24.3 Å². The van der Waals surface area contributed by atoms with Crippen LogP contribution in [0, 0.1) is 13.8 Å². The molecule has 2 aromatic carbocycles. The van der Waals surface area contributed by atoms with Crippen LogP contribution in [0.3, 0.4) is 0 Å². The Morgan fingerprint density at radius 2 is 1.77 bits per heavy atom. The summed E-state index contributed by atoms with van der Waals surface area (Å²) >= 11 is 0. The standard InChI is InChI=1S/C21H24N2O3/c1-5-26-17-10-8-16(9-11-17)12-23-20-14(3)7-6-13(2)18(20)19(21(23)25)22-15(4)24/h6-11,19H,5,12H2,1-4H3,(H,22,24)/t19-/m1/s1. The molecule has 0 radical (unpaired) electrons. The lowest BCUT2D eigenvalue weighted by Crippen LogP contribution is -2.36. The molecule has 1 heterocycles. The maximum absolute atomic E-state index is 13.1. The predicted octanol–water partition coefficient (Wildman–Crippen LogP) is 3.43. The Balaban J connectivity index is 1.96. The normalized spacial score (nSPS) is 15.8. The molecular formula is C21H24N2O3. The summed E-state index contributed by atoms with van der Waals surface area (Å²) in [7, 11) is 0. The van der Waals surface area contributed by atoms with Crippen molar-refractivity contribution in [2.75, 3.05) is 11.5 Å². The number of benzene rings is 2. The van der Waals surface area contributed by atoms with Crippen LogP contribution in [0.25, 0.3) is 0 Å². The van der Waals surface area contributed by atoms with Crippen molar-refractivity contribution in [3.05, 3.63) is 58.7 Å². The zero-order valence-electron chi connectivity index (χ0n) is 15.6. The number of hydrogen-bond acceptors (Lipinski definition) is 3. The number of carbonyl (C=O) groups is 2. The third kappa shape index (κ3) is 3.29. The predicted molar refractivity (Wildman–Crippen MR) is 101 cm³/mol. The lowest BCUT2D eigenvalue weighted by molar-refractivity contribution is -0.126. The summed E-state index contributed by atoms with van der Waals surface area (Å²) in [5.41, 5.74) is 4.85. The Labute approximate surface area is 154 Å². The zero-order chi connectivity index (χ0) is 18.8. The van der Waals surface area contributed by atoms with Gasteiger partial charge in [-0.15, -0.1) is 0 Å². The van der Waals surface area contributed by atoms with Gasteiger partial charge in [0.1, 0.15) is 11.8 Å². The monoisotopic (exact) mass is 352 g/mol. The van der Waals surface area contributed by atoms with E-state index in [2.05, 4.69) is 5.32 Å². The number of nitrogens with zero attached hydrogens (tertiary/aromatic N) is 1. The van der Waals surface area contributed by atoms with Gasteiger partial charge in [0.25, 0.3) is 5.91 Å². The molecule has 0 aliphatic carbocycles. The number of hydrogen-bond donors (Lipinski definition) is 1. The van der Waals surface area contributed by atoms with E-state index in [-0.39, 0.29) is 11.8 Å². The van der Waals surface area contributed by atoms with E-state index in [1.165, 1.54) is 6.92 Å². The SMILES string of the molecule is CCOc1ccc(CN2C(=O)[C@H](NC(C)=O)c3c(C)ccc(C)c32)cc1. The highest BCUT2D eigenvalue weighted by Crippen LogP contribution is 2.41. The highest BCUT2D eigenvalue weighted by atomic mass is 16.5. The van der Waals surface area contributed by atoms with Gasteiger partial charge in [0, 0.05) is 12.5 Å². The maximum atomic E-state index is 13.1. The number of ether oxygens (including phenoxy) is 1. The van der Waals surface area contributed by atoms with Gasteiger partial charge >= 0.3 is 0 Å². The average Bonchev–Trinajstić information content (AvgIpc) is 2.87. The number of amides is 2. The van der Waals surface area contributed by atoms with E-state index in [4.69, 9.17) is 4.74 Å². The van der Waals surface area contributed by atoms with Crippen LogP contribution in [0.5, 0.6) is 5.75 Å². The molecule has 2 aromatic rings. The minimum absolute atomic E-state index is 0.0958. The van der Waals surface area contributed by atoms with Gasteiger partial charge < -0.3 is 15.0 Å². The maximum Gasteiger partial charge on any atom is 0.254 e. The van der Waals surface area contributed by atoms with Gasteiger partial charge in [-0.3, -0.25) is 9.59 Å². The fourth-order valence-electron chi connectivity index (χ4n) is 3.46. The van der Waals surface area contributed by atoms with E-state index < -0.39 is 6.04 Å². The molecule has 136 valence electrons. The Morgan fingerprint density at radius 1 is 1.12 bits per heavy atom. The molecule has 0 fully saturated rings. The third-order valence-electron chi connectivity index (χ3n) is 4.63. The Bertz CT molecular complexity index is 843. The van der Waals surface area contributed by atoms with Crippen molar-refractivity contribution in [3.8, 4) is 5.75 Å². The van der Waals surface area contributed by atoms with E-state index in [1.807, 2.05) is 57.2 Å². The average molecular weight is 352 g/mol. The Kier molecular flexibility index (Phi) is 4.98. The number of anilines is 1. The summed E-state index contributed by atoms with van der Waals surface area (Å²) in [4.78, 5) is 26.5. The van der Waals surface area contributed by atoms with Gasteiger partial charge in [-0.2, -0.15) is 0 Å². The van der Waals surface area contributed by atoms with E-state index in [1.54, 1.807) is 4.90 Å². The second kappa shape index (κ2) is 7.20. The molecule has 1 N–H and O–H groups in total. The molecule has 1 aliphatic heterocycles. The molecule has 0 bridgehead atoms. The van der Waals surface area contributed by atoms with Crippen LogP contribution in [-0.2, 0) is 16.1 Å². The number of rotatable bonds is 5. The van der Waals surface area contributed by atoms with Crippen LogP contribution in [0.15, 0.2) is 36.4 Å². The Morgan fingerprint density at radius 3 is 2.38 bits per heavy atom. The zero-order valence-corrected chi connectivity index (χ0v) is 15.6. The quantitative estimate of drug-likeness (QED) is 0.897. The summed E-state index contributed by atoms with van der Waals surface area (Å²) in [6.45, 7) is 8.43. The number of carbonyl (C=O) groups excluding carboxylic acids is 2. The summed E-state index contributed by atoms with van der Waals surface area (Å²) in [5, 5.41) is 2.81. The van der Waals surface area contributed by atoms with Gasteiger partial charge in [-0.05, 0) is 49.6 Å². The molecule has 3 rings (SSSR count). The first-order chi connectivity index (χ1) is 12.4. The molecule has 26 heavy (non-hydrogen) atoms. The van der Waals surface area contributed by atoms with E-state index in [9.17, 15) is 9.59 Å².